The van der Waals surface area contributed by atoms with Crippen molar-refractivity contribution in [1.29, 1.82) is 0 Å². The van der Waals surface area contributed by atoms with E-state index in [0.717, 1.165) is 16.1 Å². The topological polar surface area (TPSA) is 21.6 Å². The molecule has 26 heavy (non-hydrogen) atoms. The predicted molar refractivity (Wildman–Crippen MR) is 99.6 cm³/mol. The van der Waals surface area contributed by atoms with E-state index in [1.165, 1.54) is 12.1 Å². The molecule has 0 amide bonds. The van der Waals surface area contributed by atoms with Crippen LogP contribution in [0.2, 0.25) is 0 Å². The van der Waals surface area contributed by atoms with Crippen LogP contribution in [-0.2, 0) is 23.8 Å². The van der Waals surface area contributed by atoms with Gasteiger partial charge < -0.3 is 4.74 Å². The zero-order valence-electron chi connectivity index (χ0n) is 14.5. The van der Waals surface area contributed by atoms with Crippen LogP contribution in [0, 0.1) is 0 Å². The molecule has 0 N–H and O–H groups in total. The zero-order valence-corrected chi connectivity index (χ0v) is 16.1. The van der Waals surface area contributed by atoms with Gasteiger partial charge in [-0.25, -0.2) is 4.99 Å². The number of rotatable bonds is 4. The first-order valence-electron chi connectivity index (χ1n) is 8.32. The Morgan fingerprint density at radius 1 is 1.12 bits per heavy atom. The van der Waals surface area contributed by atoms with Gasteiger partial charge in [0.2, 0.25) is 5.90 Å². The molecule has 2 aromatic carbocycles. The summed E-state index contributed by atoms with van der Waals surface area (Å²) >= 11 is 3.42. The van der Waals surface area contributed by atoms with Gasteiger partial charge in [-0.3, -0.25) is 0 Å². The van der Waals surface area contributed by atoms with Crippen molar-refractivity contribution in [3.63, 3.8) is 0 Å². The van der Waals surface area contributed by atoms with Gasteiger partial charge in [-0.05, 0) is 68.1 Å². The largest absolute Gasteiger partial charge is 0.475 e. The van der Waals surface area contributed by atoms with E-state index in [9.17, 15) is 13.2 Å². The van der Waals surface area contributed by atoms with E-state index in [-0.39, 0.29) is 5.54 Å². The average molecular weight is 426 g/mol. The fraction of sp³-hybridized carbons (Fsp3) is 0.350. The molecule has 1 aliphatic rings. The second-order valence-corrected chi connectivity index (χ2v) is 7.93. The number of benzene rings is 2. The van der Waals surface area contributed by atoms with Crippen LogP contribution in [0.15, 0.2) is 51.9 Å². The standard InChI is InChI=1S/C20H19BrF3NO/c1-19(2)12-26-18(25-19)17-9-8-15(20(22,23)24)11-14(17)7-6-13-4-3-5-16(21)10-13/h3-5,8-11H,6-7,12H2,1-2H3. The minimum Gasteiger partial charge on any atom is -0.475 e. The fourth-order valence-electron chi connectivity index (χ4n) is 2.88. The molecular weight excluding hydrogens is 407 g/mol. The third-order valence-electron chi connectivity index (χ3n) is 4.20. The molecule has 0 unspecified atom stereocenters. The van der Waals surface area contributed by atoms with Gasteiger partial charge in [-0.1, -0.05) is 28.1 Å². The lowest BCUT2D eigenvalue weighted by Crippen LogP contribution is -2.17. The molecule has 138 valence electrons. The zero-order chi connectivity index (χ0) is 18.9. The van der Waals surface area contributed by atoms with Crippen LogP contribution in [0.25, 0.3) is 0 Å². The lowest BCUT2D eigenvalue weighted by Gasteiger charge is -2.14. The van der Waals surface area contributed by atoms with Crippen molar-refractivity contribution in [2.75, 3.05) is 6.61 Å². The fourth-order valence-corrected chi connectivity index (χ4v) is 3.33. The monoisotopic (exact) mass is 425 g/mol. The third kappa shape index (κ3) is 4.47. The summed E-state index contributed by atoms with van der Waals surface area (Å²) in [4.78, 5) is 4.52. The summed E-state index contributed by atoms with van der Waals surface area (Å²) in [5, 5.41) is 0. The Bertz CT molecular complexity index is 843. The average Bonchev–Trinajstić information content (AvgIpc) is 2.92. The molecule has 0 bridgehead atoms. The van der Waals surface area contributed by atoms with Crippen LogP contribution in [0.5, 0.6) is 0 Å². The molecule has 1 heterocycles. The smallest absolute Gasteiger partial charge is 0.416 e. The minimum absolute atomic E-state index is 0.362. The maximum absolute atomic E-state index is 13.1. The number of hydrogen-bond donors (Lipinski definition) is 0. The molecule has 2 nitrogen and oxygen atoms in total. The number of nitrogens with zero attached hydrogens (tertiary/aromatic N) is 1. The van der Waals surface area contributed by atoms with E-state index in [0.29, 0.717) is 36.5 Å². The number of halogens is 4. The SMILES string of the molecule is CC1(C)COC(c2ccc(C(F)(F)F)cc2CCc2cccc(Br)c2)=N1. The van der Waals surface area contributed by atoms with Crippen molar-refractivity contribution in [2.24, 2.45) is 4.99 Å². The molecular formula is C20H19BrF3NO. The number of alkyl halides is 3. The Balaban J connectivity index is 1.94. The molecule has 0 radical (unpaired) electrons. The summed E-state index contributed by atoms with van der Waals surface area (Å²) in [6.45, 7) is 4.30. The normalized spacial score (nSPS) is 16.3. The summed E-state index contributed by atoms with van der Waals surface area (Å²) in [6, 6.07) is 11.5. The van der Waals surface area contributed by atoms with Crippen LogP contribution in [0.4, 0.5) is 13.2 Å². The van der Waals surface area contributed by atoms with Crippen LogP contribution in [0.3, 0.4) is 0 Å². The highest BCUT2D eigenvalue weighted by Gasteiger charge is 2.33. The van der Waals surface area contributed by atoms with Crippen molar-refractivity contribution in [3.05, 3.63) is 69.2 Å². The minimum atomic E-state index is -4.37. The van der Waals surface area contributed by atoms with Crippen LogP contribution < -0.4 is 0 Å². The highest BCUT2D eigenvalue weighted by molar-refractivity contribution is 9.10. The molecule has 0 atom stereocenters. The predicted octanol–water partition coefficient (Wildman–Crippen LogP) is 5.81. The Morgan fingerprint density at radius 3 is 2.50 bits per heavy atom. The van der Waals surface area contributed by atoms with Gasteiger partial charge in [0.25, 0.3) is 0 Å². The molecule has 2 aromatic rings. The first-order chi connectivity index (χ1) is 12.1. The first kappa shape index (κ1) is 19.0. The molecule has 6 heteroatoms. The van der Waals surface area contributed by atoms with Gasteiger partial charge in [0.15, 0.2) is 0 Å². The molecule has 3 rings (SSSR count). The molecule has 0 saturated carbocycles. The van der Waals surface area contributed by atoms with E-state index in [1.807, 2.05) is 38.1 Å². The summed E-state index contributed by atoms with van der Waals surface area (Å²) in [6.07, 6.45) is -3.27. The third-order valence-corrected chi connectivity index (χ3v) is 4.69. The molecule has 1 aliphatic heterocycles. The van der Waals surface area contributed by atoms with Crippen molar-refractivity contribution >= 4 is 21.8 Å². The highest BCUT2D eigenvalue weighted by atomic mass is 79.9. The number of hydrogen-bond acceptors (Lipinski definition) is 2. The van der Waals surface area contributed by atoms with E-state index in [1.54, 1.807) is 0 Å². The summed E-state index contributed by atoms with van der Waals surface area (Å²) < 4.78 is 46.0. The highest BCUT2D eigenvalue weighted by Crippen LogP contribution is 2.32. The molecule has 0 fully saturated rings. The molecule has 0 aromatic heterocycles. The summed E-state index contributed by atoms with van der Waals surface area (Å²) in [5.41, 5.74) is 1.27. The molecule has 0 spiro atoms. The van der Waals surface area contributed by atoms with E-state index in [4.69, 9.17) is 4.74 Å². The van der Waals surface area contributed by atoms with Crippen LogP contribution in [-0.4, -0.2) is 18.0 Å². The first-order valence-corrected chi connectivity index (χ1v) is 9.11. The van der Waals surface area contributed by atoms with E-state index < -0.39 is 11.7 Å². The van der Waals surface area contributed by atoms with Gasteiger partial charge in [0.05, 0.1) is 11.1 Å². The van der Waals surface area contributed by atoms with E-state index >= 15 is 0 Å². The van der Waals surface area contributed by atoms with Gasteiger partial charge >= 0.3 is 6.18 Å². The maximum Gasteiger partial charge on any atom is 0.416 e. The van der Waals surface area contributed by atoms with Crippen LogP contribution in [0.1, 0.15) is 36.1 Å². The lowest BCUT2D eigenvalue weighted by atomic mass is 9.97. The Morgan fingerprint density at radius 2 is 1.88 bits per heavy atom. The molecule has 0 saturated heterocycles. The van der Waals surface area contributed by atoms with E-state index in [2.05, 4.69) is 20.9 Å². The molecule has 0 aliphatic carbocycles. The van der Waals surface area contributed by atoms with Gasteiger partial charge in [-0.2, -0.15) is 13.2 Å². The van der Waals surface area contributed by atoms with Gasteiger partial charge in [-0.15, -0.1) is 0 Å². The summed E-state index contributed by atoms with van der Waals surface area (Å²) in [5.74, 6) is 0.424. The summed E-state index contributed by atoms with van der Waals surface area (Å²) in [7, 11) is 0. The number of aryl methyl sites for hydroxylation is 2. The van der Waals surface area contributed by atoms with Crippen molar-refractivity contribution < 1.29 is 17.9 Å². The van der Waals surface area contributed by atoms with Crippen LogP contribution >= 0.6 is 15.9 Å². The van der Waals surface area contributed by atoms with Crippen molar-refractivity contribution in [2.45, 2.75) is 38.4 Å². The Labute approximate surface area is 159 Å². The second kappa shape index (κ2) is 7.06. The quantitative estimate of drug-likeness (QED) is 0.605. The van der Waals surface area contributed by atoms with Crippen molar-refractivity contribution in [3.8, 4) is 0 Å². The maximum atomic E-state index is 13.1. The van der Waals surface area contributed by atoms with Crippen molar-refractivity contribution in [1.82, 2.24) is 0 Å². The number of aliphatic imine (C=N–C) groups is 1. The van der Waals surface area contributed by atoms with Gasteiger partial charge in [0, 0.05) is 10.0 Å². The Kier molecular flexibility index (Phi) is 5.15. The second-order valence-electron chi connectivity index (χ2n) is 7.02. The Hall–Kier alpha value is -1.82. The van der Waals surface area contributed by atoms with Gasteiger partial charge in [0.1, 0.15) is 6.61 Å². The lowest BCUT2D eigenvalue weighted by molar-refractivity contribution is -0.137. The number of ether oxygens (including phenoxy) is 1.